The third-order valence-corrected chi connectivity index (χ3v) is 16.0. The van der Waals surface area contributed by atoms with E-state index < -0.39 is 54.9 Å². The lowest BCUT2D eigenvalue weighted by atomic mass is 9.58. The summed E-state index contributed by atoms with van der Waals surface area (Å²) in [6, 6.07) is -0.598. The number of unbranched alkanes of at least 4 members (excludes halogenated alkanes) is 2. The van der Waals surface area contributed by atoms with Gasteiger partial charge in [-0.15, -0.1) is 0 Å². The van der Waals surface area contributed by atoms with Gasteiger partial charge in [-0.1, -0.05) is 47.5 Å². The first-order valence-electron chi connectivity index (χ1n) is 17.1. The molecule has 3 aliphatic rings. The van der Waals surface area contributed by atoms with Crippen molar-refractivity contribution in [3.63, 3.8) is 0 Å². The van der Waals surface area contributed by atoms with E-state index in [0.29, 0.717) is 30.6 Å². The smallest absolute Gasteiger partial charge is 0.265 e. The summed E-state index contributed by atoms with van der Waals surface area (Å²) in [5, 5.41) is 16.5. The van der Waals surface area contributed by atoms with Crippen molar-refractivity contribution in [2.24, 2.45) is 11.8 Å². The number of ether oxygens (including phenoxy) is 2. The molecule has 1 heterocycles. The topological polar surface area (TPSA) is 128 Å². The highest BCUT2D eigenvalue weighted by Crippen LogP contribution is 2.60. The number of carbonyl (C=O) groups is 3. The molecule has 5 rings (SSSR count). The van der Waals surface area contributed by atoms with Gasteiger partial charge in [-0.25, -0.2) is 4.39 Å². The molecule has 1 aromatic carbocycles. The van der Waals surface area contributed by atoms with E-state index in [-0.39, 0.29) is 62.9 Å². The summed E-state index contributed by atoms with van der Waals surface area (Å²) >= 11 is 3.33. The van der Waals surface area contributed by atoms with E-state index in [4.69, 9.17) is 18.4 Å². The van der Waals surface area contributed by atoms with Crippen molar-refractivity contribution in [2.75, 3.05) is 27.3 Å². The molecule has 0 fully saturated rings. The lowest BCUT2D eigenvalue weighted by Gasteiger charge is -2.55. The molecule has 0 spiro atoms. The molecule has 49 heavy (non-hydrogen) atoms. The molecule has 1 N–H and O–H groups in total. The van der Waals surface area contributed by atoms with Crippen LogP contribution in [0.25, 0.3) is 0 Å². The molecule has 0 amide bonds. The predicted molar refractivity (Wildman–Crippen MR) is 188 cm³/mol. The number of allylic oxidation sites excluding steroid dienone is 1. The van der Waals surface area contributed by atoms with E-state index in [1.54, 1.807) is 0 Å². The average molecular weight is 764 g/mol. The zero-order valence-corrected chi connectivity index (χ0v) is 32.5. The summed E-state index contributed by atoms with van der Waals surface area (Å²) in [5.74, 6) is -3.61. The molecule has 0 aliphatic heterocycles. The van der Waals surface area contributed by atoms with E-state index in [1.807, 2.05) is 66.7 Å². The number of nitrogens with zero attached hydrogens (tertiary/aromatic N) is 2. The molecule has 13 heteroatoms. The van der Waals surface area contributed by atoms with Crippen molar-refractivity contribution in [3.8, 4) is 11.6 Å². The largest absolute Gasteiger partial charge is 0.508 e. The number of halogens is 2. The van der Waals surface area contributed by atoms with Gasteiger partial charge in [0.05, 0.1) is 34.9 Å². The summed E-state index contributed by atoms with van der Waals surface area (Å²) in [5.41, 5.74) is -1.89. The molecule has 268 valence electrons. The molecular formula is C36H48BrFN2O8Si. The lowest BCUT2D eigenvalue weighted by Crippen LogP contribution is -2.65. The van der Waals surface area contributed by atoms with Crippen molar-refractivity contribution < 1.29 is 42.3 Å². The number of fused-ring (bicyclic) bond motifs is 4. The minimum absolute atomic E-state index is 0.00367. The Morgan fingerprint density at radius 1 is 1.12 bits per heavy atom. The van der Waals surface area contributed by atoms with Crippen LogP contribution in [-0.4, -0.2) is 74.2 Å². The number of aliphatic hydroxyl groups is 1. The van der Waals surface area contributed by atoms with E-state index in [0.717, 1.165) is 19.3 Å². The number of hydrogen-bond acceptors (Lipinski definition) is 10. The van der Waals surface area contributed by atoms with Crippen LogP contribution in [-0.2, 0) is 10.8 Å². The fourth-order valence-corrected chi connectivity index (χ4v) is 9.21. The van der Waals surface area contributed by atoms with Crippen molar-refractivity contribution in [2.45, 2.75) is 103 Å². The normalized spacial score (nSPS) is 23.6. The number of aromatic nitrogens is 1. The van der Waals surface area contributed by atoms with Crippen LogP contribution in [0.1, 0.15) is 115 Å². The fraction of sp³-hybridized carbons (Fsp3) is 0.611. The SMILES string of the molecule is CCCCOc1noc2c1C(=O)[C@@]1(O[Si](C)(C)C(C)(C)C)C(O)=C3C(=O)c4c(c(Br)c(F)c(C=O)c4OCCCC)C[C@H]3C[C@H]1[C@@H]2N(C)C. The standard InChI is InChI=1S/C36H48BrFN2O8Si/c1-10-12-14-45-30-21(18-41)27(38)26(37)20-16-19-17-22-28(40(6)7)31-25(34(39-47-31)46-15-13-11-2)33(44)36(22,48-49(8,9)35(3,4)5)32(43)23(19)29(42)24(20)30/h18-19,22,28,43H,10-17H2,1-9H3/t19-,22-,28-,36-/m0/s1. The summed E-state index contributed by atoms with van der Waals surface area (Å²) in [6.45, 7) is 14.6. The Kier molecular flexibility index (Phi) is 10.4. The summed E-state index contributed by atoms with van der Waals surface area (Å²) in [7, 11) is 0.820. The first-order valence-corrected chi connectivity index (χ1v) is 20.8. The van der Waals surface area contributed by atoms with Crippen LogP contribution >= 0.6 is 15.9 Å². The van der Waals surface area contributed by atoms with Crippen molar-refractivity contribution in [1.29, 1.82) is 0 Å². The predicted octanol–water partition coefficient (Wildman–Crippen LogP) is 8.19. The first-order chi connectivity index (χ1) is 23.0. The third-order valence-electron chi connectivity index (χ3n) is 10.7. The van der Waals surface area contributed by atoms with Crippen LogP contribution in [0.15, 0.2) is 20.3 Å². The number of rotatable bonds is 12. The van der Waals surface area contributed by atoms with Crippen molar-refractivity contribution in [3.05, 3.63) is 49.6 Å². The minimum Gasteiger partial charge on any atom is -0.508 e. The van der Waals surface area contributed by atoms with Gasteiger partial charge in [-0.2, -0.15) is 0 Å². The van der Waals surface area contributed by atoms with Gasteiger partial charge >= 0.3 is 0 Å². The van der Waals surface area contributed by atoms with E-state index in [9.17, 15) is 14.7 Å². The number of hydrogen-bond donors (Lipinski definition) is 1. The Balaban J connectivity index is 1.81. The third kappa shape index (κ3) is 5.91. The highest BCUT2D eigenvalue weighted by molar-refractivity contribution is 9.10. The van der Waals surface area contributed by atoms with Crippen LogP contribution in [0.4, 0.5) is 4.39 Å². The maximum Gasteiger partial charge on any atom is 0.265 e. The maximum atomic E-state index is 15.7. The molecule has 0 saturated heterocycles. The van der Waals surface area contributed by atoms with Gasteiger partial charge in [0.1, 0.15) is 17.1 Å². The second kappa shape index (κ2) is 13.7. The van der Waals surface area contributed by atoms with Crippen molar-refractivity contribution in [1.82, 2.24) is 10.1 Å². The van der Waals surface area contributed by atoms with Crippen LogP contribution in [0.5, 0.6) is 11.6 Å². The van der Waals surface area contributed by atoms with Crippen LogP contribution < -0.4 is 9.47 Å². The van der Waals surface area contributed by atoms with Crippen molar-refractivity contribution >= 4 is 42.1 Å². The Hall–Kier alpha value is -2.87. The Labute approximate surface area is 297 Å². The van der Waals surface area contributed by atoms with Gasteiger partial charge in [0.2, 0.25) is 5.78 Å². The highest BCUT2D eigenvalue weighted by Gasteiger charge is 2.67. The average Bonchev–Trinajstić information content (AvgIpc) is 3.43. The molecular weight excluding hydrogens is 715 g/mol. The quantitative estimate of drug-likeness (QED) is 0.128. The monoisotopic (exact) mass is 762 g/mol. The molecule has 2 aromatic rings. The maximum absolute atomic E-state index is 15.7. The molecule has 10 nitrogen and oxygen atoms in total. The molecule has 0 saturated carbocycles. The van der Waals surface area contributed by atoms with Crippen LogP contribution in [0, 0.1) is 17.7 Å². The summed E-state index contributed by atoms with van der Waals surface area (Å²) in [6.07, 6.45) is 3.71. The highest BCUT2D eigenvalue weighted by atomic mass is 79.9. The van der Waals surface area contributed by atoms with E-state index in [1.165, 1.54) is 0 Å². The fourth-order valence-electron chi connectivity index (χ4n) is 7.18. The summed E-state index contributed by atoms with van der Waals surface area (Å²) < 4.78 is 40.7. The second-order valence-corrected chi connectivity index (χ2v) is 20.7. The van der Waals surface area contributed by atoms with E-state index in [2.05, 4.69) is 21.1 Å². The van der Waals surface area contributed by atoms with Gasteiger partial charge in [-0.05, 0) is 90.5 Å². The number of carbonyl (C=O) groups excluding carboxylic acids is 3. The van der Waals surface area contributed by atoms with Crippen LogP contribution in [0.2, 0.25) is 18.1 Å². The number of benzene rings is 1. The second-order valence-electron chi connectivity index (χ2n) is 15.1. The zero-order valence-electron chi connectivity index (χ0n) is 29.9. The molecule has 0 radical (unpaired) electrons. The van der Waals surface area contributed by atoms with Crippen LogP contribution in [0.3, 0.4) is 0 Å². The zero-order chi connectivity index (χ0) is 36.2. The summed E-state index contributed by atoms with van der Waals surface area (Å²) in [4.78, 5) is 44.1. The molecule has 0 unspecified atom stereocenters. The number of Topliss-reactive ketones (excluding diaryl/α,β-unsaturated/α-hetero) is 2. The molecule has 0 bridgehead atoms. The Morgan fingerprint density at radius 2 is 1.76 bits per heavy atom. The number of aldehydes is 1. The number of ketones is 2. The van der Waals surface area contributed by atoms with Gasteiger partial charge in [-0.3, -0.25) is 19.3 Å². The molecule has 3 aliphatic carbocycles. The lowest BCUT2D eigenvalue weighted by molar-refractivity contribution is -0.0480. The van der Waals surface area contributed by atoms with Gasteiger partial charge < -0.3 is 23.5 Å². The van der Waals surface area contributed by atoms with Gasteiger partial charge in [0.15, 0.2) is 37.6 Å². The molecule has 4 atom stereocenters. The Bertz CT molecular complexity index is 1700. The Morgan fingerprint density at radius 3 is 2.33 bits per heavy atom. The number of aliphatic hydroxyl groups excluding tert-OH is 1. The van der Waals surface area contributed by atoms with Gasteiger partial charge in [0.25, 0.3) is 5.88 Å². The minimum atomic E-state index is -2.89. The van der Waals surface area contributed by atoms with E-state index >= 15 is 9.18 Å². The molecule has 1 aromatic heterocycles. The van der Waals surface area contributed by atoms with Gasteiger partial charge in [0, 0.05) is 11.5 Å². The first kappa shape index (κ1) is 37.4.